The molecule has 7 aliphatic rings. The number of hydrogen-bond donors (Lipinski definition) is 0. The van der Waals surface area contributed by atoms with Crippen LogP contribution in [0.15, 0.2) is 0 Å². The molecule has 0 aliphatic heterocycles. The molecule has 7 rings (SSSR count). The third-order valence-electron chi connectivity index (χ3n) is 11.3. The lowest BCUT2D eigenvalue weighted by Gasteiger charge is -2.90. The van der Waals surface area contributed by atoms with Crippen LogP contribution in [0, 0.1) is 63.1 Å². The molecule has 0 amide bonds. The smallest absolute Gasteiger partial charge is 0.0116 e. The van der Waals surface area contributed by atoms with Gasteiger partial charge in [-0.1, -0.05) is 6.92 Å². The summed E-state index contributed by atoms with van der Waals surface area (Å²) in [6.45, 7) is 2.80. The first-order valence-electron chi connectivity index (χ1n) is 8.23. The van der Waals surface area contributed by atoms with E-state index in [0.717, 1.165) is 21.7 Å². The molecule has 0 heterocycles. The van der Waals surface area contributed by atoms with Crippen molar-refractivity contribution in [2.24, 2.45) is 63.1 Å². The predicted molar refractivity (Wildman–Crippen MR) is 62.9 cm³/mol. The fourth-order valence-electron chi connectivity index (χ4n) is 12.3. The Morgan fingerprint density at radius 2 is 1.59 bits per heavy atom. The van der Waals surface area contributed by atoms with Gasteiger partial charge in [-0.25, -0.2) is 0 Å². The molecule has 7 aliphatic carbocycles. The van der Waals surface area contributed by atoms with Gasteiger partial charge in [0.15, 0.2) is 0 Å². The zero-order valence-electron chi connectivity index (χ0n) is 10.6. The van der Waals surface area contributed by atoms with Crippen molar-refractivity contribution in [3.8, 4) is 0 Å². The standard InChI is InChI=1S/C17H20/c1-14-7-2-8-10-3-11-12-5-15(17(10,11)14)6-16(8,12)9(7)4-13(14)15/h7-13H,2-6H2,1H3. The minimum Gasteiger partial charge on any atom is -0.0585 e. The van der Waals surface area contributed by atoms with Crippen LogP contribution in [0.4, 0.5) is 0 Å². The van der Waals surface area contributed by atoms with Crippen molar-refractivity contribution in [2.45, 2.75) is 39.0 Å². The number of fused-ring (bicyclic) bond motifs is 4. The van der Waals surface area contributed by atoms with Crippen molar-refractivity contribution in [2.75, 3.05) is 0 Å². The Morgan fingerprint density at radius 1 is 0.824 bits per heavy atom. The highest BCUT2D eigenvalue weighted by Gasteiger charge is 3.05. The summed E-state index contributed by atoms with van der Waals surface area (Å²) >= 11 is 0. The van der Waals surface area contributed by atoms with Gasteiger partial charge in [0.25, 0.3) is 0 Å². The first kappa shape index (κ1) is 7.56. The molecule has 0 N–H and O–H groups in total. The van der Waals surface area contributed by atoms with Crippen LogP contribution in [-0.4, -0.2) is 0 Å². The first-order valence-corrected chi connectivity index (χ1v) is 8.23. The van der Waals surface area contributed by atoms with Crippen molar-refractivity contribution in [1.29, 1.82) is 0 Å². The molecule has 11 atom stereocenters. The van der Waals surface area contributed by atoms with Gasteiger partial charge in [-0.05, 0) is 95.2 Å². The predicted octanol–water partition coefficient (Wildman–Crippen LogP) is 3.32. The molecule has 0 aromatic carbocycles. The van der Waals surface area contributed by atoms with Crippen molar-refractivity contribution in [3.63, 3.8) is 0 Å². The van der Waals surface area contributed by atoms with E-state index in [1.807, 2.05) is 0 Å². The molecule has 88 valence electrons. The van der Waals surface area contributed by atoms with Gasteiger partial charge in [0, 0.05) is 0 Å². The maximum Gasteiger partial charge on any atom is -0.0116 e. The van der Waals surface area contributed by atoms with Crippen LogP contribution in [-0.2, 0) is 0 Å². The maximum atomic E-state index is 2.80. The summed E-state index contributed by atoms with van der Waals surface area (Å²) in [4.78, 5) is 0. The lowest BCUT2D eigenvalue weighted by molar-refractivity contribution is -0.428. The van der Waals surface area contributed by atoms with E-state index in [1.54, 1.807) is 32.1 Å². The fourth-order valence-corrected chi connectivity index (χ4v) is 12.3. The molecule has 17 heavy (non-hydrogen) atoms. The minimum absolute atomic E-state index is 0.880. The highest BCUT2D eigenvalue weighted by atomic mass is 15.1. The molecule has 0 aromatic rings. The summed E-state index contributed by atoms with van der Waals surface area (Å²) in [5, 5.41) is 0. The second-order valence-electron chi connectivity index (χ2n) is 9.70. The number of hydrogen-bond acceptors (Lipinski definition) is 0. The highest BCUT2D eigenvalue weighted by molar-refractivity contribution is 5.52. The van der Waals surface area contributed by atoms with Crippen LogP contribution in [0.3, 0.4) is 0 Å². The lowest BCUT2D eigenvalue weighted by Crippen LogP contribution is -2.85. The van der Waals surface area contributed by atoms with Gasteiger partial charge < -0.3 is 0 Å². The van der Waals surface area contributed by atoms with E-state index in [2.05, 4.69) is 6.92 Å². The van der Waals surface area contributed by atoms with Gasteiger partial charge in [-0.3, -0.25) is 0 Å². The Balaban J connectivity index is 1.70. The molecule has 0 radical (unpaired) electrons. The van der Waals surface area contributed by atoms with Crippen LogP contribution in [0.25, 0.3) is 0 Å². The molecule has 0 nitrogen and oxygen atoms in total. The molecule has 7 saturated carbocycles. The van der Waals surface area contributed by atoms with E-state index in [4.69, 9.17) is 0 Å². The SMILES string of the molecule is CC12C3CC4C5CC6C7CC8(CC47C3CC81)C562. The van der Waals surface area contributed by atoms with Gasteiger partial charge >= 0.3 is 0 Å². The molecule has 0 saturated heterocycles. The molecular weight excluding hydrogens is 204 g/mol. The summed E-state index contributed by atoms with van der Waals surface area (Å²) in [7, 11) is 0. The Labute approximate surface area is 103 Å². The van der Waals surface area contributed by atoms with Crippen LogP contribution in [0.1, 0.15) is 39.0 Å². The number of rotatable bonds is 0. The topological polar surface area (TPSA) is 0 Å². The quantitative estimate of drug-likeness (QED) is 0.592. The zero-order valence-corrected chi connectivity index (χ0v) is 10.6. The molecule has 0 heteroatoms. The Kier molecular flexibility index (Phi) is 0.640. The minimum atomic E-state index is 0.880. The van der Waals surface area contributed by atoms with Crippen molar-refractivity contribution < 1.29 is 0 Å². The van der Waals surface area contributed by atoms with E-state index in [-0.39, 0.29) is 0 Å². The van der Waals surface area contributed by atoms with E-state index < -0.39 is 0 Å². The monoisotopic (exact) mass is 224 g/mol. The van der Waals surface area contributed by atoms with E-state index in [1.165, 1.54) is 41.4 Å². The molecule has 3 spiro atoms. The Hall–Kier alpha value is 0. The van der Waals surface area contributed by atoms with Crippen LogP contribution >= 0.6 is 0 Å². The second-order valence-corrected chi connectivity index (χ2v) is 9.70. The molecule has 0 aromatic heterocycles. The molecule has 7 fully saturated rings. The van der Waals surface area contributed by atoms with Gasteiger partial charge in [0.05, 0.1) is 0 Å². The van der Waals surface area contributed by atoms with Crippen LogP contribution < -0.4 is 0 Å². The first-order chi connectivity index (χ1) is 8.23. The summed E-state index contributed by atoms with van der Waals surface area (Å²) in [6, 6.07) is 0. The molecule has 5 bridgehead atoms. The van der Waals surface area contributed by atoms with E-state index in [9.17, 15) is 0 Å². The van der Waals surface area contributed by atoms with Gasteiger partial charge in [-0.15, -0.1) is 0 Å². The molecule has 11 unspecified atom stereocenters. The van der Waals surface area contributed by atoms with Crippen LogP contribution in [0.2, 0.25) is 0 Å². The average molecular weight is 224 g/mol. The van der Waals surface area contributed by atoms with Crippen LogP contribution in [0.5, 0.6) is 0 Å². The third-order valence-corrected chi connectivity index (χ3v) is 11.3. The summed E-state index contributed by atoms with van der Waals surface area (Å²) in [5.74, 6) is 8.68. The van der Waals surface area contributed by atoms with E-state index >= 15 is 0 Å². The second kappa shape index (κ2) is 1.44. The summed E-state index contributed by atoms with van der Waals surface area (Å²) in [5.41, 5.74) is 3.77. The van der Waals surface area contributed by atoms with Gasteiger partial charge in [-0.2, -0.15) is 0 Å². The van der Waals surface area contributed by atoms with Crippen molar-refractivity contribution in [3.05, 3.63) is 0 Å². The highest BCUT2D eigenvalue weighted by Crippen LogP contribution is 3.10. The average Bonchev–Trinajstić information content (AvgIpc) is 2.83. The van der Waals surface area contributed by atoms with Gasteiger partial charge in [0.2, 0.25) is 0 Å². The largest absolute Gasteiger partial charge is 0.0585 e. The van der Waals surface area contributed by atoms with Crippen molar-refractivity contribution >= 4 is 0 Å². The van der Waals surface area contributed by atoms with E-state index in [0.29, 0.717) is 0 Å². The lowest BCUT2D eigenvalue weighted by atomic mass is 9.14. The Bertz CT molecular complexity index is 556. The summed E-state index contributed by atoms with van der Waals surface area (Å²) < 4.78 is 0. The third kappa shape index (κ3) is 0.307. The maximum absolute atomic E-state index is 2.80. The zero-order chi connectivity index (χ0) is 10.6. The molecular formula is C17H20. The van der Waals surface area contributed by atoms with Gasteiger partial charge in [0.1, 0.15) is 0 Å². The van der Waals surface area contributed by atoms with Crippen molar-refractivity contribution in [1.82, 2.24) is 0 Å². The Morgan fingerprint density at radius 3 is 2.53 bits per heavy atom. The summed E-state index contributed by atoms with van der Waals surface area (Å²) in [6.07, 6.45) is 8.58. The fraction of sp³-hybridized carbons (Fsp3) is 1.00. The normalized spacial score (nSPS) is 96.9.